The van der Waals surface area contributed by atoms with Gasteiger partial charge in [-0.1, -0.05) is 13.8 Å². The highest BCUT2D eigenvalue weighted by Gasteiger charge is 2.19. The van der Waals surface area contributed by atoms with Gasteiger partial charge in [0.15, 0.2) is 0 Å². The third-order valence-corrected chi connectivity index (χ3v) is 4.34. The molecule has 0 spiro atoms. The lowest BCUT2D eigenvalue weighted by atomic mass is 10.1. The Kier molecular flexibility index (Phi) is 4.27. The molecule has 0 saturated heterocycles. The van der Waals surface area contributed by atoms with Crippen LogP contribution in [0.2, 0.25) is 0 Å². The van der Waals surface area contributed by atoms with Crippen LogP contribution in [0, 0.1) is 18.7 Å². The fourth-order valence-electron chi connectivity index (χ4n) is 1.23. The second kappa shape index (κ2) is 5.14. The van der Waals surface area contributed by atoms with Crippen LogP contribution in [-0.4, -0.2) is 14.5 Å². The monoisotopic (exact) mass is 259 g/mol. The van der Waals surface area contributed by atoms with Gasteiger partial charge in [0.2, 0.25) is 10.0 Å². The lowest BCUT2D eigenvalue weighted by Gasteiger charge is -2.17. The van der Waals surface area contributed by atoms with Gasteiger partial charge in [0.25, 0.3) is 0 Å². The van der Waals surface area contributed by atoms with Crippen LogP contribution in [-0.2, 0) is 10.0 Å². The Labute approximate surface area is 102 Å². The Bertz CT molecular complexity index is 497. The topological polar surface area (TPSA) is 46.2 Å². The number of nitrogens with one attached hydrogen (secondary N) is 1. The standard InChI is InChI=1S/C12H18FNO2S/c1-8(2)10(4)14-17(15,16)11-5-6-12(13)9(3)7-11/h5-8,10,14H,1-4H3. The predicted octanol–water partition coefficient (Wildman–Crippen LogP) is 2.46. The summed E-state index contributed by atoms with van der Waals surface area (Å²) in [7, 11) is -3.56. The number of aryl methyl sites for hydroxylation is 1. The number of halogens is 1. The van der Waals surface area contributed by atoms with Gasteiger partial charge in [-0.2, -0.15) is 0 Å². The molecular formula is C12H18FNO2S. The molecule has 0 bridgehead atoms. The summed E-state index contributed by atoms with van der Waals surface area (Å²) in [6.45, 7) is 7.21. The molecule has 96 valence electrons. The molecule has 1 aromatic rings. The number of hydrogen-bond donors (Lipinski definition) is 1. The summed E-state index contributed by atoms with van der Waals surface area (Å²) >= 11 is 0. The van der Waals surface area contributed by atoms with E-state index < -0.39 is 15.8 Å². The first-order valence-corrected chi connectivity index (χ1v) is 7.01. The number of sulfonamides is 1. The quantitative estimate of drug-likeness (QED) is 0.902. The average molecular weight is 259 g/mol. The molecule has 1 rings (SSSR count). The van der Waals surface area contributed by atoms with Crippen molar-refractivity contribution in [3.8, 4) is 0 Å². The van der Waals surface area contributed by atoms with Gasteiger partial charge in [0.1, 0.15) is 5.82 Å². The molecule has 0 fully saturated rings. The zero-order valence-electron chi connectivity index (χ0n) is 10.5. The highest BCUT2D eigenvalue weighted by molar-refractivity contribution is 7.89. The number of rotatable bonds is 4. The second-order valence-corrected chi connectivity index (χ2v) is 6.28. The van der Waals surface area contributed by atoms with Crippen molar-refractivity contribution >= 4 is 10.0 Å². The smallest absolute Gasteiger partial charge is 0.208 e. The normalized spacial score (nSPS) is 14.0. The van der Waals surface area contributed by atoms with Crippen LogP contribution in [0.4, 0.5) is 4.39 Å². The van der Waals surface area contributed by atoms with Crippen LogP contribution >= 0.6 is 0 Å². The summed E-state index contributed by atoms with van der Waals surface area (Å²) < 4.78 is 39.6. The summed E-state index contributed by atoms with van der Waals surface area (Å²) in [4.78, 5) is 0.101. The van der Waals surface area contributed by atoms with Crippen LogP contribution < -0.4 is 4.72 Å². The van der Waals surface area contributed by atoms with E-state index in [9.17, 15) is 12.8 Å². The Morgan fingerprint density at radius 2 is 1.82 bits per heavy atom. The first kappa shape index (κ1) is 14.1. The zero-order valence-corrected chi connectivity index (χ0v) is 11.3. The summed E-state index contributed by atoms with van der Waals surface area (Å²) in [6, 6.07) is 3.62. The van der Waals surface area contributed by atoms with Gasteiger partial charge in [-0.25, -0.2) is 17.5 Å². The first-order chi connectivity index (χ1) is 7.74. The molecule has 1 aromatic carbocycles. The van der Waals surface area contributed by atoms with Crippen LogP contribution in [0.5, 0.6) is 0 Å². The van der Waals surface area contributed by atoms with Crippen LogP contribution in [0.3, 0.4) is 0 Å². The molecule has 0 aliphatic carbocycles. The summed E-state index contributed by atoms with van der Waals surface area (Å²) in [5.41, 5.74) is 0.324. The molecule has 1 unspecified atom stereocenters. The van der Waals surface area contributed by atoms with Crippen LogP contribution in [0.15, 0.2) is 23.1 Å². The molecular weight excluding hydrogens is 241 g/mol. The zero-order chi connectivity index (χ0) is 13.2. The molecule has 1 N–H and O–H groups in total. The summed E-state index contributed by atoms with van der Waals surface area (Å²) in [5, 5.41) is 0. The maximum absolute atomic E-state index is 13.1. The Morgan fingerprint density at radius 1 is 1.24 bits per heavy atom. The SMILES string of the molecule is Cc1cc(S(=O)(=O)NC(C)C(C)C)ccc1F. The minimum absolute atomic E-state index is 0.101. The lowest BCUT2D eigenvalue weighted by molar-refractivity contribution is 0.476. The van der Waals surface area contributed by atoms with E-state index in [1.807, 2.05) is 13.8 Å². The van der Waals surface area contributed by atoms with Crippen molar-refractivity contribution in [1.29, 1.82) is 0 Å². The maximum Gasteiger partial charge on any atom is 0.240 e. The highest BCUT2D eigenvalue weighted by atomic mass is 32.2. The molecule has 5 heteroatoms. The van der Waals surface area contributed by atoms with Crippen molar-refractivity contribution < 1.29 is 12.8 Å². The minimum Gasteiger partial charge on any atom is -0.208 e. The van der Waals surface area contributed by atoms with Gasteiger partial charge < -0.3 is 0 Å². The largest absolute Gasteiger partial charge is 0.240 e. The summed E-state index contributed by atoms with van der Waals surface area (Å²) in [5.74, 6) is -0.202. The molecule has 3 nitrogen and oxygen atoms in total. The lowest BCUT2D eigenvalue weighted by Crippen LogP contribution is -2.36. The molecule has 0 heterocycles. The van der Waals surface area contributed by atoms with Crippen molar-refractivity contribution in [2.24, 2.45) is 5.92 Å². The Morgan fingerprint density at radius 3 is 2.29 bits per heavy atom. The van der Waals surface area contributed by atoms with E-state index in [1.165, 1.54) is 18.2 Å². The van der Waals surface area contributed by atoms with Crippen LogP contribution in [0.1, 0.15) is 26.3 Å². The number of hydrogen-bond acceptors (Lipinski definition) is 2. The molecule has 0 aliphatic heterocycles. The number of benzene rings is 1. The van der Waals surface area contributed by atoms with E-state index in [0.717, 1.165) is 0 Å². The Balaban J connectivity index is 3.01. The summed E-state index contributed by atoms with van der Waals surface area (Å²) in [6.07, 6.45) is 0. The van der Waals surface area contributed by atoms with E-state index >= 15 is 0 Å². The van der Waals surface area contributed by atoms with Gasteiger partial charge in [-0.05, 0) is 43.5 Å². The molecule has 17 heavy (non-hydrogen) atoms. The molecule has 0 aliphatic rings. The van der Waals surface area contributed by atoms with Crippen molar-refractivity contribution in [2.75, 3.05) is 0 Å². The van der Waals surface area contributed by atoms with E-state index in [-0.39, 0.29) is 16.9 Å². The Hall–Kier alpha value is -0.940. The third-order valence-electron chi connectivity index (χ3n) is 2.78. The third kappa shape index (κ3) is 3.51. The molecule has 0 radical (unpaired) electrons. The maximum atomic E-state index is 13.1. The minimum atomic E-state index is -3.56. The second-order valence-electron chi connectivity index (χ2n) is 4.56. The fraction of sp³-hybridized carbons (Fsp3) is 0.500. The molecule has 0 aromatic heterocycles. The van der Waals surface area contributed by atoms with E-state index in [1.54, 1.807) is 13.8 Å². The van der Waals surface area contributed by atoms with Crippen molar-refractivity contribution in [1.82, 2.24) is 4.72 Å². The van der Waals surface area contributed by atoms with Crippen molar-refractivity contribution in [3.63, 3.8) is 0 Å². The van der Waals surface area contributed by atoms with Gasteiger partial charge >= 0.3 is 0 Å². The van der Waals surface area contributed by atoms with Crippen LogP contribution in [0.25, 0.3) is 0 Å². The highest BCUT2D eigenvalue weighted by Crippen LogP contribution is 2.15. The van der Waals surface area contributed by atoms with Crippen molar-refractivity contribution in [2.45, 2.75) is 38.6 Å². The van der Waals surface area contributed by atoms with Gasteiger partial charge in [0.05, 0.1) is 4.90 Å². The first-order valence-electron chi connectivity index (χ1n) is 5.52. The van der Waals surface area contributed by atoms with Gasteiger partial charge in [0, 0.05) is 6.04 Å². The predicted molar refractivity (Wildman–Crippen MR) is 65.8 cm³/mol. The fourth-order valence-corrected chi connectivity index (χ4v) is 2.71. The van der Waals surface area contributed by atoms with Gasteiger partial charge in [-0.3, -0.25) is 0 Å². The molecule has 0 amide bonds. The average Bonchev–Trinajstić information content (AvgIpc) is 2.21. The van der Waals surface area contributed by atoms with E-state index in [2.05, 4.69) is 4.72 Å². The van der Waals surface area contributed by atoms with E-state index in [4.69, 9.17) is 0 Å². The molecule has 0 saturated carbocycles. The van der Waals surface area contributed by atoms with Gasteiger partial charge in [-0.15, -0.1) is 0 Å². The van der Waals surface area contributed by atoms with Crippen molar-refractivity contribution in [3.05, 3.63) is 29.6 Å². The molecule has 1 atom stereocenters. The van der Waals surface area contributed by atoms with E-state index in [0.29, 0.717) is 5.56 Å².